The maximum Gasteiger partial charge on any atom is 0.433 e. The van der Waals surface area contributed by atoms with Crippen molar-refractivity contribution in [1.82, 2.24) is 29.9 Å². The number of alkyl halides is 3. The summed E-state index contributed by atoms with van der Waals surface area (Å²) in [5, 5.41) is 14.5. The number of pyridine rings is 1. The molecule has 1 aliphatic heterocycles. The fourth-order valence-corrected chi connectivity index (χ4v) is 4.01. The second kappa shape index (κ2) is 9.97. The maximum atomic E-state index is 13.7. The van der Waals surface area contributed by atoms with Gasteiger partial charge in [0.25, 0.3) is 5.91 Å². The molecule has 0 aliphatic carbocycles. The van der Waals surface area contributed by atoms with Crippen LogP contribution < -0.4 is 10.2 Å². The number of piperazine rings is 1. The van der Waals surface area contributed by atoms with Gasteiger partial charge in [0.2, 0.25) is 0 Å². The van der Waals surface area contributed by atoms with Gasteiger partial charge in [-0.05, 0) is 55.6 Å². The molecule has 0 bridgehead atoms. The van der Waals surface area contributed by atoms with Gasteiger partial charge in [0.15, 0.2) is 17.3 Å². The van der Waals surface area contributed by atoms with Crippen LogP contribution in [0, 0.1) is 0 Å². The Balaban J connectivity index is 1.34. The van der Waals surface area contributed by atoms with E-state index in [0.29, 0.717) is 15.8 Å². The Hall–Kier alpha value is -4.32. The fourth-order valence-electron chi connectivity index (χ4n) is 4.01. The number of anilines is 2. The Morgan fingerprint density at radius 3 is 2.46 bits per heavy atom. The summed E-state index contributed by atoms with van der Waals surface area (Å²) in [6.45, 7) is 3.61. The monoisotopic (exact) mass is 508 g/mol. The number of aromatic nitrogens is 5. The molecule has 0 unspecified atom stereocenters. The van der Waals surface area contributed by atoms with Gasteiger partial charge in [0.1, 0.15) is 0 Å². The number of rotatable bonds is 5. The van der Waals surface area contributed by atoms with Crippen molar-refractivity contribution in [2.24, 2.45) is 0 Å². The topological polar surface area (TPSA) is 92.1 Å². The first-order valence-electron chi connectivity index (χ1n) is 11.5. The van der Waals surface area contributed by atoms with Gasteiger partial charge in [-0.2, -0.15) is 18.3 Å². The van der Waals surface area contributed by atoms with Crippen LogP contribution in [0.2, 0.25) is 0 Å². The number of likely N-dealkylation sites (N-methyl/N-ethyl adjacent to an activating group) is 1. The summed E-state index contributed by atoms with van der Waals surface area (Å²) in [5.74, 6) is -0.434. The van der Waals surface area contributed by atoms with E-state index in [0.717, 1.165) is 37.9 Å². The van der Waals surface area contributed by atoms with E-state index in [1.165, 1.54) is 24.5 Å². The third-order valence-corrected chi connectivity index (χ3v) is 6.04. The second-order valence-corrected chi connectivity index (χ2v) is 8.64. The van der Waals surface area contributed by atoms with Gasteiger partial charge < -0.3 is 15.1 Å². The first-order chi connectivity index (χ1) is 17.8. The fraction of sp³-hybridized carbons (Fsp3) is 0.240. The van der Waals surface area contributed by atoms with Crippen LogP contribution in [0.3, 0.4) is 0 Å². The minimum Gasteiger partial charge on any atom is -0.369 e. The van der Waals surface area contributed by atoms with Crippen LogP contribution in [0.5, 0.6) is 0 Å². The van der Waals surface area contributed by atoms with Crippen molar-refractivity contribution in [3.8, 4) is 17.1 Å². The number of nitrogens with zero attached hydrogens (tertiary/aromatic N) is 7. The Morgan fingerprint density at radius 1 is 0.973 bits per heavy atom. The summed E-state index contributed by atoms with van der Waals surface area (Å²) < 4.78 is 41.8. The van der Waals surface area contributed by atoms with E-state index in [-0.39, 0.29) is 17.3 Å². The van der Waals surface area contributed by atoms with Gasteiger partial charge in [-0.15, -0.1) is 10.2 Å². The number of carbonyl (C=O) groups is 1. The lowest BCUT2D eigenvalue weighted by Crippen LogP contribution is -2.44. The minimum absolute atomic E-state index is 0.0971. The molecule has 3 aromatic heterocycles. The van der Waals surface area contributed by atoms with E-state index < -0.39 is 17.8 Å². The number of halogens is 3. The van der Waals surface area contributed by atoms with E-state index in [1.54, 1.807) is 18.2 Å². The number of hydrogen-bond donors (Lipinski definition) is 1. The van der Waals surface area contributed by atoms with Gasteiger partial charge in [0.05, 0.1) is 5.69 Å². The number of carbonyl (C=O) groups excluding carboxylic acids is 1. The lowest BCUT2D eigenvalue weighted by Gasteiger charge is -2.34. The molecule has 4 heterocycles. The highest BCUT2D eigenvalue weighted by Crippen LogP contribution is 2.33. The molecule has 4 aromatic rings. The van der Waals surface area contributed by atoms with Gasteiger partial charge in [-0.25, -0.2) is 4.68 Å². The van der Waals surface area contributed by atoms with Gasteiger partial charge in [0, 0.05) is 55.4 Å². The SMILES string of the molecule is CN1CCN(c2cccc(C(=O)Nc3ccc(-n4nc(-c5cccnc5)cc4C(F)(F)F)nn3)c2)CC1. The smallest absolute Gasteiger partial charge is 0.369 e. The number of hydrogen-bond acceptors (Lipinski definition) is 7. The molecule has 9 nitrogen and oxygen atoms in total. The van der Waals surface area contributed by atoms with Crippen molar-refractivity contribution in [2.75, 3.05) is 43.4 Å². The Labute approximate surface area is 210 Å². The van der Waals surface area contributed by atoms with Gasteiger partial charge in [-0.1, -0.05) is 6.07 Å². The van der Waals surface area contributed by atoms with Crippen LogP contribution in [0.15, 0.2) is 67.0 Å². The molecule has 37 heavy (non-hydrogen) atoms. The van der Waals surface area contributed by atoms with Crippen LogP contribution in [0.1, 0.15) is 16.1 Å². The average molecular weight is 509 g/mol. The summed E-state index contributed by atoms with van der Waals surface area (Å²) >= 11 is 0. The van der Waals surface area contributed by atoms with Gasteiger partial charge >= 0.3 is 6.18 Å². The van der Waals surface area contributed by atoms with Crippen molar-refractivity contribution in [3.05, 3.63) is 78.2 Å². The lowest BCUT2D eigenvalue weighted by molar-refractivity contribution is -0.142. The zero-order valence-corrected chi connectivity index (χ0v) is 19.9. The van der Waals surface area contributed by atoms with Crippen molar-refractivity contribution in [3.63, 3.8) is 0 Å². The zero-order chi connectivity index (χ0) is 26.0. The summed E-state index contributed by atoms with van der Waals surface area (Å²) in [5.41, 5.74) is 0.917. The normalized spacial score (nSPS) is 14.5. The number of nitrogens with one attached hydrogen (secondary N) is 1. The van der Waals surface area contributed by atoms with E-state index in [4.69, 9.17) is 0 Å². The molecular weight excluding hydrogens is 485 g/mol. The molecule has 1 N–H and O–H groups in total. The van der Waals surface area contributed by atoms with Crippen LogP contribution in [0.25, 0.3) is 17.1 Å². The van der Waals surface area contributed by atoms with Crippen molar-refractivity contribution in [1.29, 1.82) is 0 Å². The third-order valence-electron chi connectivity index (χ3n) is 6.04. The van der Waals surface area contributed by atoms with E-state index in [9.17, 15) is 18.0 Å². The van der Waals surface area contributed by atoms with Crippen molar-refractivity contribution >= 4 is 17.4 Å². The van der Waals surface area contributed by atoms with E-state index in [2.05, 4.69) is 42.4 Å². The molecule has 190 valence electrons. The van der Waals surface area contributed by atoms with E-state index in [1.807, 2.05) is 18.2 Å². The first kappa shape index (κ1) is 24.4. The zero-order valence-electron chi connectivity index (χ0n) is 19.9. The Bertz CT molecular complexity index is 1380. The summed E-state index contributed by atoms with van der Waals surface area (Å²) in [7, 11) is 2.07. The second-order valence-electron chi connectivity index (χ2n) is 8.64. The highest BCUT2D eigenvalue weighted by molar-refractivity contribution is 6.04. The predicted molar refractivity (Wildman–Crippen MR) is 131 cm³/mol. The number of benzene rings is 1. The van der Waals surface area contributed by atoms with Crippen molar-refractivity contribution < 1.29 is 18.0 Å². The summed E-state index contributed by atoms with van der Waals surface area (Å²) in [6.07, 6.45) is -1.72. The molecule has 12 heteroatoms. The van der Waals surface area contributed by atoms with E-state index >= 15 is 0 Å². The van der Waals surface area contributed by atoms with Crippen LogP contribution in [0.4, 0.5) is 24.7 Å². The Morgan fingerprint density at radius 2 is 1.78 bits per heavy atom. The van der Waals surface area contributed by atoms with Crippen LogP contribution in [-0.4, -0.2) is 69.0 Å². The van der Waals surface area contributed by atoms with Gasteiger partial charge in [-0.3, -0.25) is 9.78 Å². The molecule has 1 aliphatic rings. The third kappa shape index (κ3) is 5.43. The molecule has 5 rings (SSSR count). The molecule has 0 saturated carbocycles. The quantitative estimate of drug-likeness (QED) is 0.439. The van der Waals surface area contributed by atoms with Crippen LogP contribution >= 0.6 is 0 Å². The lowest BCUT2D eigenvalue weighted by atomic mass is 10.1. The number of amides is 1. The minimum atomic E-state index is -4.67. The Kier molecular flexibility index (Phi) is 6.57. The largest absolute Gasteiger partial charge is 0.433 e. The van der Waals surface area contributed by atoms with Crippen molar-refractivity contribution in [2.45, 2.75) is 6.18 Å². The molecule has 1 aromatic carbocycles. The molecule has 0 radical (unpaired) electrons. The molecule has 1 saturated heterocycles. The predicted octanol–water partition coefficient (Wildman–Crippen LogP) is 3.75. The standard InChI is InChI=1S/C25H23F3N8O/c1-34-10-12-35(13-11-34)19-6-2-4-17(14-19)24(37)30-22-7-8-23(32-31-22)36-21(25(26,27)28)15-20(33-36)18-5-3-9-29-16-18/h2-9,14-16H,10-13H2,1H3,(H,30,31,37). The van der Waals surface area contributed by atoms with Crippen LogP contribution in [-0.2, 0) is 6.18 Å². The average Bonchev–Trinajstić information content (AvgIpc) is 3.37. The highest BCUT2D eigenvalue weighted by atomic mass is 19.4. The molecule has 0 spiro atoms. The highest BCUT2D eigenvalue weighted by Gasteiger charge is 2.37. The molecule has 0 atom stereocenters. The summed E-state index contributed by atoms with van der Waals surface area (Å²) in [4.78, 5) is 21.2. The maximum absolute atomic E-state index is 13.7. The molecular formula is C25H23F3N8O. The molecule has 1 amide bonds. The first-order valence-corrected chi connectivity index (χ1v) is 11.5. The molecule has 1 fully saturated rings. The summed E-state index contributed by atoms with van der Waals surface area (Å²) in [6, 6.07) is 14.1.